The van der Waals surface area contributed by atoms with Crippen LogP contribution in [-0.4, -0.2) is 41.3 Å². The summed E-state index contributed by atoms with van der Waals surface area (Å²) in [6, 6.07) is 5.13. The van der Waals surface area contributed by atoms with E-state index in [4.69, 9.17) is 10.5 Å². The number of morpholine rings is 1. The highest BCUT2D eigenvalue weighted by Gasteiger charge is 2.24. The Balaban J connectivity index is 2.34. The number of hydrogen-bond donors (Lipinski definition) is 2. The molecule has 1 aliphatic rings. The summed E-state index contributed by atoms with van der Waals surface area (Å²) in [5, 5.41) is 0. The molecular weight excluding hydrogens is 278 g/mol. The van der Waals surface area contributed by atoms with Crippen molar-refractivity contribution in [3.8, 4) is 0 Å². The number of nitrogen functional groups attached to an aromatic ring is 1. The number of rotatable bonds is 4. The number of ether oxygens (including phenoxy) is 1. The predicted octanol–water partition coefficient (Wildman–Crippen LogP) is 0.792. The summed E-state index contributed by atoms with van der Waals surface area (Å²) in [7, 11) is -2.08. The maximum Gasteiger partial charge on any atom is 0.240 e. The Kier molecular flexibility index (Phi) is 4.52. The van der Waals surface area contributed by atoms with Crippen molar-refractivity contribution in [3.63, 3.8) is 0 Å². The summed E-state index contributed by atoms with van der Waals surface area (Å²) in [5.41, 5.74) is 7.39. The van der Waals surface area contributed by atoms with E-state index in [9.17, 15) is 8.42 Å². The van der Waals surface area contributed by atoms with Crippen LogP contribution in [0.15, 0.2) is 23.1 Å². The Labute approximate surface area is 120 Å². The standard InChI is InChI=1S/C13H21N3O3S/c1-3-10-9-19-7-6-16(10)13-5-4-11(8-12(13)14)20(17,18)15-2/h4-5,8,10,15H,3,6-7,9,14H2,1-2H3. The molecule has 1 aromatic carbocycles. The average Bonchev–Trinajstić information content (AvgIpc) is 2.47. The largest absolute Gasteiger partial charge is 0.397 e. The molecule has 112 valence electrons. The lowest BCUT2D eigenvalue weighted by Gasteiger charge is -2.37. The van der Waals surface area contributed by atoms with E-state index in [1.165, 1.54) is 13.1 Å². The van der Waals surface area contributed by atoms with Gasteiger partial charge in [0.05, 0.1) is 35.5 Å². The Morgan fingerprint density at radius 3 is 2.85 bits per heavy atom. The van der Waals surface area contributed by atoms with Crippen molar-refractivity contribution in [1.82, 2.24) is 4.72 Å². The van der Waals surface area contributed by atoms with E-state index in [-0.39, 0.29) is 10.9 Å². The number of sulfonamides is 1. The van der Waals surface area contributed by atoms with Crippen molar-refractivity contribution in [3.05, 3.63) is 18.2 Å². The fourth-order valence-electron chi connectivity index (χ4n) is 2.39. The van der Waals surface area contributed by atoms with Gasteiger partial charge in [0.15, 0.2) is 0 Å². The van der Waals surface area contributed by atoms with Crippen LogP contribution in [0.5, 0.6) is 0 Å². The molecule has 0 aromatic heterocycles. The van der Waals surface area contributed by atoms with Crippen molar-refractivity contribution in [2.75, 3.05) is 37.4 Å². The number of benzene rings is 1. The van der Waals surface area contributed by atoms with Gasteiger partial charge in [-0.1, -0.05) is 6.92 Å². The average molecular weight is 299 g/mol. The van der Waals surface area contributed by atoms with Gasteiger partial charge in [-0.05, 0) is 31.7 Å². The van der Waals surface area contributed by atoms with Crippen LogP contribution in [0.25, 0.3) is 0 Å². The highest BCUT2D eigenvalue weighted by atomic mass is 32.2. The van der Waals surface area contributed by atoms with Gasteiger partial charge in [-0.15, -0.1) is 0 Å². The normalized spacial score (nSPS) is 20.1. The molecule has 0 aliphatic carbocycles. The molecule has 1 aromatic rings. The highest BCUT2D eigenvalue weighted by Crippen LogP contribution is 2.29. The van der Waals surface area contributed by atoms with Gasteiger partial charge in [0.25, 0.3) is 0 Å². The lowest BCUT2D eigenvalue weighted by molar-refractivity contribution is 0.0930. The summed E-state index contributed by atoms with van der Waals surface area (Å²) in [5.74, 6) is 0. The SMILES string of the molecule is CCC1COCCN1c1ccc(S(=O)(=O)NC)cc1N. The number of hydrogen-bond acceptors (Lipinski definition) is 5. The van der Waals surface area contributed by atoms with Gasteiger partial charge >= 0.3 is 0 Å². The second-order valence-corrected chi connectivity index (χ2v) is 6.65. The molecule has 1 unspecified atom stereocenters. The second-order valence-electron chi connectivity index (χ2n) is 4.76. The maximum atomic E-state index is 11.8. The third-order valence-electron chi connectivity index (χ3n) is 3.59. The van der Waals surface area contributed by atoms with E-state index in [0.717, 1.165) is 18.7 Å². The van der Waals surface area contributed by atoms with Gasteiger partial charge in [0.2, 0.25) is 10.0 Å². The van der Waals surface area contributed by atoms with Crippen LogP contribution in [0.4, 0.5) is 11.4 Å². The van der Waals surface area contributed by atoms with Gasteiger partial charge in [0, 0.05) is 6.54 Å². The zero-order valence-electron chi connectivity index (χ0n) is 11.8. The van der Waals surface area contributed by atoms with Gasteiger partial charge in [-0.2, -0.15) is 0 Å². The molecule has 20 heavy (non-hydrogen) atoms. The zero-order chi connectivity index (χ0) is 14.8. The van der Waals surface area contributed by atoms with Crippen molar-refractivity contribution in [2.45, 2.75) is 24.3 Å². The molecule has 0 radical (unpaired) electrons. The quantitative estimate of drug-likeness (QED) is 0.803. The molecule has 3 N–H and O–H groups in total. The minimum absolute atomic E-state index is 0.183. The Morgan fingerprint density at radius 2 is 2.25 bits per heavy atom. The molecule has 0 bridgehead atoms. The van der Waals surface area contributed by atoms with Crippen LogP contribution in [0.2, 0.25) is 0 Å². The molecule has 2 rings (SSSR count). The molecular formula is C13H21N3O3S. The third kappa shape index (κ3) is 2.89. The number of nitrogens with two attached hydrogens (primary N) is 1. The van der Waals surface area contributed by atoms with Gasteiger partial charge in [0.1, 0.15) is 0 Å². The molecule has 1 atom stereocenters. The minimum atomic E-state index is -3.46. The predicted molar refractivity (Wildman–Crippen MR) is 79.3 cm³/mol. The lowest BCUT2D eigenvalue weighted by Crippen LogP contribution is -2.45. The van der Waals surface area contributed by atoms with Gasteiger partial charge in [-0.25, -0.2) is 13.1 Å². The highest BCUT2D eigenvalue weighted by molar-refractivity contribution is 7.89. The molecule has 6 nitrogen and oxygen atoms in total. The fourth-order valence-corrected chi connectivity index (χ4v) is 3.15. The molecule has 0 saturated carbocycles. The maximum absolute atomic E-state index is 11.8. The van der Waals surface area contributed by atoms with Gasteiger partial charge < -0.3 is 15.4 Å². The first-order valence-electron chi connectivity index (χ1n) is 6.67. The Bertz CT molecular complexity index is 574. The zero-order valence-corrected chi connectivity index (χ0v) is 12.6. The van der Waals surface area contributed by atoms with Crippen LogP contribution in [0.1, 0.15) is 13.3 Å². The van der Waals surface area contributed by atoms with Crippen LogP contribution in [0, 0.1) is 0 Å². The first-order chi connectivity index (χ1) is 9.49. The van der Waals surface area contributed by atoms with E-state index in [2.05, 4.69) is 16.5 Å². The lowest BCUT2D eigenvalue weighted by atomic mass is 10.1. The summed E-state index contributed by atoms with van der Waals surface area (Å²) in [4.78, 5) is 2.37. The minimum Gasteiger partial charge on any atom is -0.397 e. The number of anilines is 2. The van der Waals surface area contributed by atoms with E-state index in [0.29, 0.717) is 18.9 Å². The van der Waals surface area contributed by atoms with Crippen molar-refractivity contribution in [1.29, 1.82) is 0 Å². The van der Waals surface area contributed by atoms with Crippen LogP contribution >= 0.6 is 0 Å². The first-order valence-corrected chi connectivity index (χ1v) is 8.15. The Hall–Kier alpha value is -1.31. The number of nitrogens with zero attached hydrogens (tertiary/aromatic N) is 1. The van der Waals surface area contributed by atoms with Gasteiger partial charge in [-0.3, -0.25) is 0 Å². The Morgan fingerprint density at radius 1 is 1.50 bits per heavy atom. The van der Waals surface area contributed by atoms with Crippen molar-refractivity contribution >= 4 is 21.4 Å². The van der Waals surface area contributed by atoms with Crippen molar-refractivity contribution < 1.29 is 13.2 Å². The van der Waals surface area contributed by atoms with Crippen molar-refractivity contribution in [2.24, 2.45) is 0 Å². The topological polar surface area (TPSA) is 84.7 Å². The summed E-state index contributed by atoms with van der Waals surface area (Å²) in [6.45, 7) is 4.20. The van der Waals surface area contributed by atoms with E-state index in [1.807, 2.05) is 0 Å². The van der Waals surface area contributed by atoms with Crippen LogP contribution in [0.3, 0.4) is 0 Å². The smallest absolute Gasteiger partial charge is 0.240 e. The third-order valence-corrected chi connectivity index (χ3v) is 5.00. The summed E-state index contributed by atoms with van der Waals surface area (Å²) < 4.78 is 31.3. The first kappa shape index (κ1) is 15.1. The van der Waals surface area contributed by atoms with E-state index < -0.39 is 10.0 Å². The monoisotopic (exact) mass is 299 g/mol. The molecule has 1 fully saturated rings. The second kappa shape index (κ2) is 5.99. The van der Waals surface area contributed by atoms with Crippen LogP contribution < -0.4 is 15.4 Å². The summed E-state index contributed by atoms with van der Waals surface area (Å²) >= 11 is 0. The number of nitrogens with one attached hydrogen (secondary N) is 1. The van der Waals surface area contributed by atoms with E-state index in [1.54, 1.807) is 12.1 Å². The molecule has 1 heterocycles. The molecule has 0 spiro atoms. The van der Waals surface area contributed by atoms with E-state index >= 15 is 0 Å². The summed E-state index contributed by atoms with van der Waals surface area (Å²) in [6.07, 6.45) is 0.954. The molecule has 7 heteroatoms. The molecule has 1 aliphatic heterocycles. The molecule has 1 saturated heterocycles. The van der Waals surface area contributed by atoms with Crippen LogP contribution in [-0.2, 0) is 14.8 Å². The molecule has 0 amide bonds. The fraction of sp³-hybridized carbons (Fsp3) is 0.538.